The summed E-state index contributed by atoms with van der Waals surface area (Å²) >= 11 is 0. The number of halogens is 3. The van der Waals surface area contributed by atoms with Gasteiger partial charge in [0.15, 0.2) is 0 Å². The van der Waals surface area contributed by atoms with Crippen molar-refractivity contribution in [2.45, 2.75) is 6.61 Å². The lowest BCUT2D eigenvalue weighted by molar-refractivity contribution is -0.0503. The van der Waals surface area contributed by atoms with Crippen molar-refractivity contribution in [3.05, 3.63) is 29.6 Å². The second kappa shape index (κ2) is 6.09. The number of benzene rings is 1. The Morgan fingerprint density at radius 2 is 2.18 bits per heavy atom. The van der Waals surface area contributed by atoms with E-state index in [4.69, 9.17) is 5.11 Å². The fraction of sp³-hybridized carbons (Fsp3) is 0.300. The summed E-state index contributed by atoms with van der Waals surface area (Å²) in [6, 6.07) is 2.67. The average molecular weight is 249 g/mol. The second-order valence-electron chi connectivity index (χ2n) is 3.00. The van der Waals surface area contributed by atoms with Gasteiger partial charge < -0.3 is 15.2 Å². The van der Waals surface area contributed by atoms with Crippen LogP contribution in [0, 0.1) is 5.82 Å². The molecule has 1 amide bonds. The molecule has 4 nitrogen and oxygen atoms in total. The van der Waals surface area contributed by atoms with Crippen LogP contribution in [0.25, 0.3) is 0 Å². The van der Waals surface area contributed by atoms with Gasteiger partial charge in [-0.2, -0.15) is 8.78 Å². The Hall–Kier alpha value is -1.76. The van der Waals surface area contributed by atoms with E-state index >= 15 is 0 Å². The summed E-state index contributed by atoms with van der Waals surface area (Å²) in [4.78, 5) is 11.4. The van der Waals surface area contributed by atoms with Crippen molar-refractivity contribution >= 4 is 5.91 Å². The van der Waals surface area contributed by atoms with E-state index in [-0.39, 0.29) is 18.7 Å². The predicted molar refractivity (Wildman–Crippen MR) is 52.5 cm³/mol. The summed E-state index contributed by atoms with van der Waals surface area (Å²) in [5.74, 6) is -2.07. The van der Waals surface area contributed by atoms with Crippen LogP contribution in [0.5, 0.6) is 5.75 Å². The lowest BCUT2D eigenvalue weighted by Gasteiger charge is -2.10. The molecule has 7 heteroatoms. The number of aliphatic hydroxyl groups excluding tert-OH is 1. The summed E-state index contributed by atoms with van der Waals surface area (Å²) in [5, 5.41) is 10.7. The zero-order chi connectivity index (χ0) is 12.8. The normalized spacial score (nSPS) is 10.4. The fourth-order valence-corrected chi connectivity index (χ4v) is 1.14. The van der Waals surface area contributed by atoms with E-state index in [0.29, 0.717) is 6.07 Å². The topological polar surface area (TPSA) is 58.6 Å². The summed E-state index contributed by atoms with van der Waals surface area (Å²) in [5.41, 5.74) is -0.222. The molecule has 0 aliphatic rings. The maximum Gasteiger partial charge on any atom is 0.387 e. The minimum absolute atomic E-state index is 0.0374. The number of hydrogen-bond acceptors (Lipinski definition) is 3. The van der Waals surface area contributed by atoms with Crippen LogP contribution < -0.4 is 10.1 Å². The SMILES string of the molecule is O=C(NCCO)c1ccc(F)cc1OC(F)F. The van der Waals surface area contributed by atoms with Crippen LogP contribution >= 0.6 is 0 Å². The monoisotopic (exact) mass is 249 g/mol. The second-order valence-corrected chi connectivity index (χ2v) is 3.00. The number of rotatable bonds is 5. The number of carbonyl (C=O) groups excluding carboxylic acids is 1. The van der Waals surface area contributed by atoms with E-state index in [0.717, 1.165) is 12.1 Å². The Balaban J connectivity index is 2.92. The van der Waals surface area contributed by atoms with E-state index in [9.17, 15) is 18.0 Å². The van der Waals surface area contributed by atoms with Crippen LogP contribution in [0.1, 0.15) is 10.4 Å². The third-order valence-corrected chi connectivity index (χ3v) is 1.80. The van der Waals surface area contributed by atoms with Crippen LogP contribution in [-0.4, -0.2) is 30.8 Å². The first-order valence-corrected chi connectivity index (χ1v) is 4.68. The smallest absolute Gasteiger partial charge is 0.387 e. The number of amides is 1. The Labute approximate surface area is 95.0 Å². The van der Waals surface area contributed by atoms with E-state index in [1.807, 2.05) is 0 Å². The van der Waals surface area contributed by atoms with Crippen molar-refractivity contribution in [3.8, 4) is 5.75 Å². The molecule has 2 N–H and O–H groups in total. The van der Waals surface area contributed by atoms with Gasteiger partial charge in [-0.15, -0.1) is 0 Å². The van der Waals surface area contributed by atoms with Crippen LogP contribution in [0.15, 0.2) is 18.2 Å². The molecule has 1 aromatic rings. The molecule has 94 valence electrons. The highest BCUT2D eigenvalue weighted by molar-refractivity contribution is 5.96. The molecule has 0 saturated heterocycles. The van der Waals surface area contributed by atoms with Crippen molar-refractivity contribution < 1.29 is 27.8 Å². The number of nitrogens with one attached hydrogen (secondary N) is 1. The minimum Gasteiger partial charge on any atom is -0.434 e. The number of hydrogen-bond donors (Lipinski definition) is 2. The molecular weight excluding hydrogens is 239 g/mol. The van der Waals surface area contributed by atoms with Gasteiger partial charge in [0.1, 0.15) is 11.6 Å². The fourth-order valence-electron chi connectivity index (χ4n) is 1.14. The highest BCUT2D eigenvalue weighted by Gasteiger charge is 2.16. The number of aliphatic hydroxyl groups is 1. The molecule has 0 radical (unpaired) electrons. The Bertz CT molecular complexity index is 398. The molecule has 0 saturated carbocycles. The van der Waals surface area contributed by atoms with Gasteiger partial charge in [0, 0.05) is 12.6 Å². The zero-order valence-electron chi connectivity index (χ0n) is 8.62. The highest BCUT2D eigenvalue weighted by Crippen LogP contribution is 2.21. The van der Waals surface area contributed by atoms with Gasteiger partial charge in [-0.1, -0.05) is 0 Å². The third kappa shape index (κ3) is 3.95. The third-order valence-electron chi connectivity index (χ3n) is 1.80. The van der Waals surface area contributed by atoms with Crippen LogP contribution in [0.3, 0.4) is 0 Å². The Kier molecular flexibility index (Phi) is 4.77. The molecule has 1 aromatic carbocycles. The van der Waals surface area contributed by atoms with Gasteiger partial charge in [-0.25, -0.2) is 4.39 Å². The van der Waals surface area contributed by atoms with Gasteiger partial charge in [0.2, 0.25) is 0 Å². The van der Waals surface area contributed by atoms with Gasteiger partial charge in [0.25, 0.3) is 5.91 Å². The quantitative estimate of drug-likeness (QED) is 0.823. The maximum absolute atomic E-state index is 12.8. The lowest BCUT2D eigenvalue weighted by Crippen LogP contribution is -2.27. The number of ether oxygens (including phenoxy) is 1. The van der Waals surface area contributed by atoms with Gasteiger partial charge in [0.05, 0.1) is 12.2 Å². The molecule has 0 atom stereocenters. The molecule has 0 heterocycles. The van der Waals surface area contributed by atoms with Crippen molar-refractivity contribution in [1.29, 1.82) is 0 Å². The van der Waals surface area contributed by atoms with E-state index in [1.54, 1.807) is 0 Å². The van der Waals surface area contributed by atoms with Gasteiger partial charge in [-0.3, -0.25) is 4.79 Å². The largest absolute Gasteiger partial charge is 0.434 e. The number of alkyl halides is 2. The van der Waals surface area contributed by atoms with E-state index < -0.39 is 24.1 Å². The average Bonchev–Trinajstić information content (AvgIpc) is 2.25. The summed E-state index contributed by atoms with van der Waals surface area (Å²) in [6.45, 7) is -3.48. The van der Waals surface area contributed by atoms with Gasteiger partial charge in [-0.05, 0) is 12.1 Å². The molecule has 17 heavy (non-hydrogen) atoms. The molecule has 1 rings (SSSR count). The van der Waals surface area contributed by atoms with Crippen LogP contribution in [-0.2, 0) is 0 Å². The lowest BCUT2D eigenvalue weighted by atomic mass is 10.2. The Morgan fingerprint density at radius 3 is 2.76 bits per heavy atom. The van der Waals surface area contributed by atoms with Crippen molar-refractivity contribution in [2.24, 2.45) is 0 Å². The zero-order valence-corrected chi connectivity index (χ0v) is 8.62. The highest BCUT2D eigenvalue weighted by atomic mass is 19.3. The first-order chi connectivity index (χ1) is 8.04. The molecule has 0 spiro atoms. The van der Waals surface area contributed by atoms with Crippen LogP contribution in [0.4, 0.5) is 13.2 Å². The maximum atomic E-state index is 12.8. The molecule has 0 aliphatic heterocycles. The van der Waals surface area contributed by atoms with Gasteiger partial charge >= 0.3 is 6.61 Å². The van der Waals surface area contributed by atoms with Crippen LogP contribution in [0.2, 0.25) is 0 Å². The summed E-state index contributed by atoms with van der Waals surface area (Å²) in [6.07, 6.45) is 0. The standard InChI is InChI=1S/C10H10F3NO3/c11-6-1-2-7(9(16)14-3-4-15)8(5-6)17-10(12)13/h1-2,5,10,15H,3-4H2,(H,14,16). The molecule has 0 bridgehead atoms. The van der Waals surface area contributed by atoms with E-state index in [1.165, 1.54) is 0 Å². The molecule has 0 aromatic heterocycles. The first kappa shape index (κ1) is 13.3. The minimum atomic E-state index is -3.15. The number of carbonyl (C=O) groups is 1. The summed E-state index contributed by atoms with van der Waals surface area (Å²) < 4.78 is 40.9. The molecular formula is C10H10F3NO3. The molecule has 0 unspecified atom stereocenters. The Morgan fingerprint density at radius 1 is 1.47 bits per heavy atom. The van der Waals surface area contributed by atoms with Crippen molar-refractivity contribution in [2.75, 3.05) is 13.2 Å². The first-order valence-electron chi connectivity index (χ1n) is 4.68. The van der Waals surface area contributed by atoms with Crippen molar-refractivity contribution in [3.63, 3.8) is 0 Å². The molecule has 0 fully saturated rings. The van der Waals surface area contributed by atoms with Crippen molar-refractivity contribution in [1.82, 2.24) is 5.32 Å². The predicted octanol–water partition coefficient (Wildman–Crippen LogP) is 1.15. The molecule has 0 aliphatic carbocycles. The van der Waals surface area contributed by atoms with E-state index in [2.05, 4.69) is 10.1 Å². The summed E-state index contributed by atoms with van der Waals surface area (Å²) in [7, 11) is 0.